The number of aromatic nitrogens is 3. The van der Waals surface area contributed by atoms with Crippen LogP contribution in [-0.4, -0.2) is 32.1 Å². The molecule has 0 N–H and O–H groups in total. The molecule has 3 rings (SSSR count). The van der Waals surface area contributed by atoms with Crippen molar-refractivity contribution in [2.45, 2.75) is 39.8 Å². The predicted octanol–water partition coefficient (Wildman–Crippen LogP) is 1.47. The molecule has 0 aromatic carbocycles. The summed E-state index contributed by atoms with van der Waals surface area (Å²) in [5, 5.41) is 0. The quantitative estimate of drug-likeness (QED) is 0.844. The van der Waals surface area contributed by atoms with Crippen molar-refractivity contribution in [3.05, 3.63) is 62.2 Å². The van der Waals surface area contributed by atoms with Crippen LogP contribution in [0.1, 0.15) is 29.7 Å². The number of nitrogens with zero attached hydrogens (tertiary/aromatic N) is 4. The van der Waals surface area contributed by atoms with Gasteiger partial charge in [-0.1, -0.05) is 0 Å². The van der Waals surface area contributed by atoms with Crippen LogP contribution in [0.2, 0.25) is 0 Å². The van der Waals surface area contributed by atoms with Crippen LogP contribution < -0.4 is 11.1 Å². The minimum Gasteiger partial charge on any atom is -0.319 e. The molecule has 0 atom stereocenters. The Labute approximate surface area is 147 Å². The first kappa shape index (κ1) is 17.6. The number of aryl methyl sites for hydroxylation is 2. The Morgan fingerprint density at radius 3 is 2.60 bits per heavy atom. The Balaban J connectivity index is 1.57. The Hall–Kier alpha value is -2.21. The third-order valence-electron chi connectivity index (χ3n) is 5.25. The first-order chi connectivity index (χ1) is 11.9. The standard InChI is InChI=1S/C19H26N4O2/c1-14-15(2)20-13-23(19(14)25)12-16-5-8-22(9-6-16)11-17-4-7-21(3)18(24)10-17/h4,7,10,13,16H,5-6,8-9,11-12H2,1-3H3. The van der Waals surface area contributed by atoms with E-state index in [1.807, 2.05) is 26.1 Å². The molecule has 2 aromatic rings. The van der Waals surface area contributed by atoms with Crippen molar-refractivity contribution in [3.8, 4) is 0 Å². The lowest BCUT2D eigenvalue weighted by Gasteiger charge is -2.32. The normalized spacial score (nSPS) is 16.3. The van der Waals surface area contributed by atoms with Gasteiger partial charge in [0.25, 0.3) is 11.1 Å². The zero-order valence-corrected chi connectivity index (χ0v) is 15.2. The molecule has 1 aliphatic heterocycles. The highest BCUT2D eigenvalue weighted by Crippen LogP contribution is 2.20. The number of hydrogen-bond acceptors (Lipinski definition) is 4. The molecule has 0 unspecified atom stereocenters. The monoisotopic (exact) mass is 342 g/mol. The minimum atomic E-state index is 0.0361. The van der Waals surface area contributed by atoms with E-state index < -0.39 is 0 Å². The Morgan fingerprint density at radius 2 is 1.92 bits per heavy atom. The molecule has 0 saturated carbocycles. The van der Waals surface area contributed by atoms with Crippen LogP contribution in [0.4, 0.5) is 0 Å². The topological polar surface area (TPSA) is 60.1 Å². The molecule has 0 amide bonds. The van der Waals surface area contributed by atoms with Gasteiger partial charge in [0.2, 0.25) is 0 Å². The molecule has 6 heteroatoms. The number of hydrogen-bond donors (Lipinski definition) is 0. The SMILES string of the molecule is Cc1ncn(CC2CCN(Cc3ccn(C)c(=O)c3)CC2)c(=O)c1C. The van der Waals surface area contributed by atoms with Crippen LogP contribution in [0.15, 0.2) is 34.2 Å². The van der Waals surface area contributed by atoms with Gasteiger partial charge in [-0.05, 0) is 57.3 Å². The summed E-state index contributed by atoms with van der Waals surface area (Å²) in [7, 11) is 1.77. The van der Waals surface area contributed by atoms with Gasteiger partial charge in [-0.2, -0.15) is 0 Å². The molecule has 25 heavy (non-hydrogen) atoms. The van der Waals surface area contributed by atoms with Gasteiger partial charge in [-0.15, -0.1) is 0 Å². The number of rotatable bonds is 4. The second-order valence-electron chi connectivity index (χ2n) is 7.12. The lowest BCUT2D eigenvalue weighted by molar-refractivity contribution is 0.166. The van der Waals surface area contributed by atoms with Gasteiger partial charge in [-0.25, -0.2) is 4.98 Å². The largest absolute Gasteiger partial charge is 0.319 e. The van der Waals surface area contributed by atoms with Gasteiger partial charge >= 0.3 is 0 Å². The van der Waals surface area contributed by atoms with E-state index in [0.29, 0.717) is 5.92 Å². The average molecular weight is 342 g/mol. The number of pyridine rings is 1. The maximum atomic E-state index is 12.3. The van der Waals surface area contributed by atoms with Gasteiger partial charge in [0, 0.05) is 43.7 Å². The summed E-state index contributed by atoms with van der Waals surface area (Å²) in [6.45, 7) is 7.25. The molecule has 1 saturated heterocycles. The Bertz CT molecular complexity index is 860. The zero-order valence-electron chi connectivity index (χ0n) is 15.2. The first-order valence-corrected chi connectivity index (χ1v) is 8.84. The van der Waals surface area contributed by atoms with Crippen molar-refractivity contribution in [1.29, 1.82) is 0 Å². The van der Waals surface area contributed by atoms with Crippen LogP contribution >= 0.6 is 0 Å². The van der Waals surface area contributed by atoms with Crippen LogP contribution in [0.5, 0.6) is 0 Å². The molecule has 1 fully saturated rings. The molecular weight excluding hydrogens is 316 g/mol. The maximum Gasteiger partial charge on any atom is 0.256 e. The van der Waals surface area contributed by atoms with E-state index in [4.69, 9.17) is 0 Å². The zero-order chi connectivity index (χ0) is 18.0. The highest BCUT2D eigenvalue weighted by Gasteiger charge is 2.20. The third kappa shape index (κ3) is 4.07. The smallest absolute Gasteiger partial charge is 0.256 e. The van der Waals surface area contributed by atoms with Crippen LogP contribution in [0.3, 0.4) is 0 Å². The lowest BCUT2D eigenvalue weighted by Crippen LogP contribution is -2.36. The average Bonchev–Trinajstić information content (AvgIpc) is 2.60. The molecule has 0 bridgehead atoms. The fourth-order valence-corrected chi connectivity index (χ4v) is 3.36. The molecule has 134 valence electrons. The van der Waals surface area contributed by atoms with Crippen LogP contribution in [0, 0.1) is 19.8 Å². The lowest BCUT2D eigenvalue weighted by atomic mass is 9.96. The van der Waals surface area contributed by atoms with E-state index in [-0.39, 0.29) is 11.1 Å². The van der Waals surface area contributed by atoms with Gasteiger partial charge in [-0.3, -0.25) is 19.1 Å². The van der Waals surface area contributed by atoms with E-state index >= 15 is 0 Å². The van der Waals surface area contributed by atoms with Crippen LogP contribution in [0.25, 0.3) is 0 Å². The maximum absolute atomic E-state index is 12.3. The van der Waals surface area contributed by atoms with Crippen molar-refractivity contribution < 1.29 is 0 Å². The van der Waals surface area contributed by atoms with Crippen molar-refractivity contribution in [2.24, 2.45) is 13.0 Å². The van der Waals surface area contributed by atoms with Crippen molar-refractivity contribution in [2.75, 3.05) is 13.1 Å². The van der Waals surface area contributed by atoms with Crippen molar-refractivity contribution in [1.82, 2.24) is 19.0 Å². The summed E-state index contributed by atoms with van der Waals surface area (Å²) >= 11 is 0. The fraction of sp³-hybridized carbons (Fsp3) is 0.526. The van der Waals surface area contributed by atoms with E-state index in [1.165, 1.54) is 0 Å². The highest BCUT2D eigenvalue weighted by atomic mass is 16.1. The first-order valence-electron chi connectivity index (χ1n) is 8.84. The molecular formula is C19H26N4O2. The summed E-state index contributed by atoms with van der Waals surface area (Å²) in [6, 6.07) is 3.72. The number of piperidine rings is 1. The molecule has 3 heterocycles. The molecule has 1 aliphatic rings. The summed E-state index contributed by atoms with van der Waals surface area (Å²) in [4.78, 5) is 30.7. The van der Waals surface area contributed by atoms with Crippen molar-refractivity contribution in [3.63, 3.8) is 0 Å². The van der Waals surface area contributed by atoms with Gasteiger partial charge in [0.1, 0.15) is 0 Å². The third-order valence-corrected chi connectivity index (χ3v) is 5.25. The van der Waals surface area contributed by atoms with Crippen molar-refractivity contribution >= 4 is 0 Å². The second kappa shape index (κ2) is 7.35. The van der Waals surface area contributed by atoms with E-state index in [2.05, 4.69) is 9.88 Å². The molecule has 2 aromatic heterocycles. The Morgan fingerprint density at radius 1 is 1.20 bits per heavy atom. The minimum absolute atomic E-state index is 0.0361. The molecule has 0 radical (unpaired) electrons. The second-order valence-corrected chi connectivity index (χ2v) is 7.12. The molecule has 6 nitrogen and oxygen atoms in total. The van der Waals surface area contributed by atoms with Crippen LogP contribution in [-0.2, 0) is 20.1 Å². The van der Waals surface area contributed by atoms with Gasteiger partial charge < -0.3 is 4.57 Å². The predicted molar refractivity (Wildman–Crippen MR) is 97.7 cm³/mol. The van der Waals surface area contributed by atoms with E-state index in [9.17, 15) is 9.59 Å². The summed E-state index contributed by atoms with van der Waals surface area (Å²) in [5.41, 5.74) is 2.73. The van der Waals surface area contributed by atoms with E-state index in [0.717, 1.165) is 55.8 Å². The Kier molecular flexibility index (Phi) is 5.18. The summed E-state index contributed by atoms with van der Waals surface area (Å²) in [6.07, 6.45) is 5.62. The highest BCUT2D eigenvalue weighted by molar-refractivity contribution is 5.12. The summed E-state index contributed by atoms with van der Waals surface area (Å²) < 4.78 is 3.34. The van der Waals surface area contributed by atoms with E-state index in [1.54, 1.807) is 28.6 Å². The van der Waals surface area contributed by atoms with Gasteiger partial charge in [0.15, 0.2) is 0 Å². The van der Waals surface area contributed by atoms with Gasteiger partial charge in [0.05, 0.1) is 6.33 Å². The molecule has 0 aliphatic carbocycles. The fourth-order valence-electron chi connectivity index (χ4n) is 3.36. The summed E-state index contributed by atoms with van der Waals surface area (Å²) in [5.74, 6) is 0.501. The number of likely N-dealkylation sites (tertiary alicyclic amines) is 1. The molecule has 0 spiro atoms.